The maximum Gasteiger partial charge on any atom is 0.0506 e. The van der Waals surface area contributed by atoms with Crippen molar-refractivity contribution in [2.24, 2.45) is 17.1 Å². The fraction of sp³-hybridized carbons (Fsp3) is 1.00. The normalized spacial score (nSPS) is 24.8. The lowest BCUT2D eigenvalue weighted by molar-refractivity contribution is 0.0257. The molecule has 3 nitrogen and oxygen atoms in total. The van der Waals surface area contributed by atoms with E-state index in [-0.39, 0.29) is 5.41 Å². The highest BCUT2D eigenvalue weighted by atomic mass is 16.5. The van der Waals surface area contributed by atoms with Crippen molar-refractivity contribution in [3.05, 3.63) is 0 Å². The molecule has 96 valence electrons. The first kappa shape index (κ1) is 13.9. The maximum absolute atomic E-state index is 5.89. The highest BCUT2D eigenvalue weighted by Gasteiger charge is 2.28. The number of likely N-dealkylation sites (N-methyl/N-ethyl adjacent to an activating group) is 1. The number of nitrogens with two attached hydrogens (primary N) is 1. The summed E-state index contributed by atoms with van der Waals surface area (Å²) in [6.07, 6.45) is 2.51. The molecule has 0 aromatic carbocycles. The Morgan fingerprint density at radius 1 is 1.44 bits per heavy atom. The van der Waals surface area contributed by atoms with E-state index in [2.05, 4.69) is 32.7 Å². The van der Waals surface area contributed by atoms with Gasteiger partial charge in [-0.15, -0.1) is 0 Å². The Hall–Kier alpha value is -0.120. The standard InChI is InChI=1S/C13H28N2O/c1-13(2,3)12(8-14)15(4)9-11-6-5-7-16-10-11/h11-12H,5-10,14H2,1-4H3. The first-order chi connectivity index (χ1) is 7.45. The molecule has 0 amide bonds. The lowest BCUT2D eigenvalue weighted by atomic mass is 9.85. The summed E-state index contributed by atoms with van der Waals surface area (Å²) in [4.78, 5) is 2.42. The van der Waals surface area contributed by atoms with Crippen LogP contribution in [-0.4, -0.2) is 44.3 Å². The van der Waals surface area contributed by atoms with Gasteiger partial charge >= 0.3 is 0 Å². The van der Waals surface area contributed by atoms with Gasteiger partial charge in [-0.2, -0.15) is 0 Å². The van der Waals surface area contributed by atoms with Crippen LogP contribution in [0.25, 0.3) is 0 Å². The van der Waals surface area contributed by atoms with Crippen LogP contribution in [0.4, 0.5) is 0 Å². The lowest BCUT2D eigenvalue weighted by Crippen LogP contribution is -2.49. The molecule has 1 saturated heterocycles. The largest absolute Gasteiger partial charge is 0.381 e. The number of ether oxygens (including phenoxy) is 1. The van der Waals surface area contributed by atoms with Crippen molar-refractivity contribution in [1.82, 2.24) is 4.90 Å². The van der Waals surface area contributed by atoms with Crippen molar-refractivity contribution in [3.8, 4) is 0 Å². The van der Waals surface area contributed by atoms with E-state index in [1.807, 2.05) is 0 Å². The van der Waals surface area contributed by atoms with Crippen LogP contribution in [0, 0.1) is 11.3 Å². The van der Waals surface area contributed by atoms with Gasteiger partial charge < -0.3 is 15.4 Å². The second-order valence-corrected chi connectivity index (χ2v) is 6.14. The molecule has 1 heterocycles. The summed E-state index contributed by atoms with van der Waals surface area (Å²) in [5.74, 6) is 0.690. The van der Waals surface area contributed by atoms with E-state index in [9.17, 15) is 0 Å². The molecule has 2 N–H and O–H groups in total. The average molecular weight is 228 g/mol. The third-order valence-electron chi connectivity index (χ3n) is 3.56. The molecule has 0 spiro atoms. The second-order valence-electron chi connectivity index (χ2n) is 6.14. The predicted molar refractivity (Wildman–Crippen MR) is 68.5 cm³/mol. The summed E-state index contributed by atoms with van der Waals surface area (Å²) in [5.41, 5.74) is 6.14. The van der Waals surface area contributed by atoms with Crippen molar-refractivity contribution in [2.45, 2.75) is 39.7 Å². The molecular weight excluding hydrogens is 200 g/mol. The van der Waals surface area contributed by atoms with Crippen molar-refractivity contribution >= 4 is 0 Å². The minimum absolute atomic E-state index is 0.249. The Balaban J connectivity index is 2.45. The zero-order chi connectivity index (χ0) is 12.2. The van der Waals surface area contributed by atoms with E-state index >= 15 is 0 Å². The Kier molecular flexibility index (Phi) is 5.22. The first-order valence-electron chi connectivity index (χ1n) is 6.43. The van der Waals surface area contributed by atoms with Gasteiger partial charge in [0, 0.05) is 25.7 Å². The van der Waals surface area contributed by atoms with Gasteiger partial charge in [0.25, 0.3) is 0 Å². The van der Waals surface area contributed by atoms with E-state index in [1.165, 1.54) is 12.8 Å². The Morgan fingerprint density at radius 2 is 2.12 bits per heavy atom. The van der Waals surface area contributed by atoms with Gasteiger partial charge in [-0.3, -0.25) is 0 Å². The van der Waals surface area contributed by atoms with Crippen molar-refractivity contribution < 1.29 is 4.74 Å². The highest BCUT2D eigenvalue weighted by Crippen LogP contribution is 2.24. The number of hydrogen-bond acceptors (Lipinski definition) is 3. The van der Waals surface area contributed by atoms with Crippen molar-refractivity contribution in [1.29, 1.82) is 0 Å². The fourth-order valence-electron chi connectivity index (χ4n) is 2.68. The summed E-state index contributed by atoms with van der Waals surface area (Å²) >= 11 is 0. The molecule has 0 saturated carbocycles. The number of nitrogens with zero attached hydrogens (tertiary/aromatic N) is 1. The van der Waals surface area contributed by atoms with Crippen LogP contribution in [0.3, 0.4) is 0 Å². The SMILES string of the molecule is CN(CC1CCCOC1)C(CN)C(C)(C)C. The van der Waals surface area contributed by atoms with Crippen LogP contribution >= 0.6 is 0 Å². The van der Waals surface area contributed by atoms with Crippen LogP contribution in [0.5, 0.6) is 0 Å². The summed E-state index contributed by atoms with van der Waals surface area (Å²) in [6, 6.07) is 0.453. The zero-order valence-electron chi connectivity index (χ0n) is 11.3. The molecule has 2 unspecified atom stereocenters. The minimum atomic E-state index is 0.249. The molecule has 1 aliphatic heterocycles. The number of hydrogen-bond donors (Lipinski definition) is 1. The molecule has 1 fully saturated rings. The molecule has 2 atom stereocenters. The van der Waals surface area contributed by atoms with Gasteiger partial charge in [-0.25, -0.2) is 0 Å². The molecule has 3 heteroatoms. The van der Waals surface area contributed by atoms with Gasteiger partial charge in [-0.05, 0) is 31.2 Å². The van der Waals surface area contributed by atoms with Crippen LogP contribution in [-0.2, 0) is 4.74 Å². The first-order valence-corrected chi connectivity index (χ1v) is 6.43. The topological polar surface area (TPSA) is 38.5 Å². The Morgan fingerprint density at radius 3 is 2.56 bits per heavy atom. The molecule has 0 bridgehead atoms. The summed E-state index contributed by atoms with van der Waals surface area (Å²) in [6.45, 7) is 10.5. The monoisotopic (exact) mass is 228 g/mol. The summed E-state index contributed by atoms with van der Waals surface area (Å²) in [7, 11) is 2.19. The van der Waals surface area contributed by atoms with Crippen molar-refractivity contribution in [3.63, 3.8) is 0 Å². The molecule has 0 aliphatic carbocycles. The molecule has 0 aromatic heterocycles. The van der Waals surface area contributed by atoms with Crippen LogP contribution in [0.1, 0.15) is 33.6 Å². The molecule has 1 rings (SSSR count). The maximum atomic E-state index is 5.89. The number of rotatable bonds is 4. The summed E-state index contributed by atoms with van der Waals surface area (Å²) < 4.78 is 5.52. The summed E-state index contributed by atoms with van der Waals surface area (Å²) in [5, 5.41) is 0. The van der Waals surface area contributed by atoms with Gasteiger partial charge in [-0.1, -0.05) is 20.8 Å². The van der Waals surface area contributed by atoms with E-state index in [0.717, 1.165) is 26.3 Å². The minimum Gasteiger partial charge on any atom is -0.381 e. The van der Waals surface area contributed by atoms with Crippen LogP contribution < -0.4 is 5.73 Å². The second kappa shape index (κ2) is 5.99. The zero-order valence-corrected chi connectivity index (χ0v) is 11.3. The lowest BCUT2D eigenvalue weighted by Gasteiger charge is -2.39. The average Bonchev–Trinajstić information content (AvgIpc) is 2.17. The van der Waals surface area contributed by atoms with Gasteiger partial charge in [0.15, 0.2) is 0 Å². The van der Waals surface area contributed by atoms with E-state index < -0.39 is 0 Å². The molecule has 1 aliphatic rings. The molecule has 0 radical (unpaired) electrons. The molecular formula is C13H28N2O. The predicted octanol–water partition coefficient (Wildman–Crippen LogP) is 1.72. The van der Waals surface area contributed by atoms with Crippen molar-refractivity contribution in [2.75, 3.05) is 33.4 Å². The van der Waals surface area contributed by atoms with Gasteiger partial charge in [0.1, 0.15) is 0 Å². The van der Waals surface area contributed by atoms with E-state index in [0.29, 0.717) is 12.0 Å². The third-order valence-corrected chi connectivity index (χ3v) is 3.56. The molecule has 16 heavy (non-hydrogen) atoms. The van der Waals surface area contributed by atoms with Crippen LogP contribution in [0.15, 0.2) is 0 Å². The Labute approximate surface area is 100 Å². The van der Waals surface area contributed by atoms with E-state index in [1.54, 1.807) is 0 Å². The van der Waals surface area contributed by atoms with Gasteiger partial charge in [0.05, 0.1) is 6.61 Å². The molecule has 0 aromatic rings. The van der Waals surface area contributed by atoms with Gasteiger partial charge in [0.2, 0.25) is 0 Å². The highest BCUT2D eigenvalue weighted by molar-refractivity contribution is 4.83. The smallest absolute Gasteiger partial charge is 0.0506 e. The quantitative estimate of drug-likeness (QED) is 0.796. The Bertz CT molecular complexity index is 195. The third kappa shape index (κ3) is 4.04. The fourth-order valence-corrected chi connectivity index (χ4v) is 2.68. The van der Waals surface area contributed by atoms with E-state index in [4.69, 9.17) is 10.5 Å². The van der Waals surface area contributed by atoms with Crippen LogP contribution in [0.2, 0.25) is 0 Å².